The van der Waals surface area contributed by atoms with E-state index in [0.717, 1.165) is 51.1 Å². The third-order valence-corrected chi connectivity index (χ3v) is 4.92. The van der Waals surface area contributed by atoms with E-state index in [2.05, 4.69) is 4.98 Å². The Morgan fingerprint density at radius 1 is 1.35 bits per heavy atom. The van der Waals surface area contributed by atoms with Crippen LogP contribution in [0.4, 0.5) is 0 Å². The number of nitrogens with two attached hydrogens (primary N) is 1. The molecule has 2 atom stereocenters. The molecule has 1 aromatic heterocycles. The first-order valence-electron chi connectivity index (χ1n) is 7.27. The summed E-state index contributed by atoms with van der Waals surface area (Å²) in [5, 5.41) is 0.660. The van der Waals surface area contributed by atoms with Gasteiger partial charge in [0.1, 0.15) is 0 Å². The SMILES string of the molecule is NC(c1ccncc1Cl)C1CCOC2(CCOCC2)C1. The van der Waals surface area contributed by atoms with E-state index < -0.39 is 0 Å². The molecule has 1 aromatic rings. The Morgan fingerprint density at radius 2 is 2.15 bits per heavy atom. The topological polar surface area (TPSA) is 57.4 Å². The third kappa shape index (κ3) is 2.84. The van der Waals surface area contributed by atoms with E-state index in [9.17, 15) is 0 Å². The highest BCUT2D eigenvalue weighted by Gasteiger charge is 2.41. The Balaban J connectivity index is 1.75. The van der Waals surface area contributed by atoms with Crippen LogP contribution < -0.4 is 5.73 Å². The van der Waals surface area contributed by atoms with Gasteiger partial charge in [-0.3, -0.25) is 4.98 Å². The van der Waals surface area contributed by atoms with Crippen molar-refractivity contribution in [1.29, 1.82) is 0 Å². The molecule has 0 aliphatic carbocycles. The van der Waals surface area contributed by atoms with E-state index >= 15 is 0 Å². The first-order valence-corrected chi connectivity index (χ1v) is 7.65. The van der Waals surface area contributed by atoms with Gasteiger partial charge in [-0.15, -0.1) is 0 Å². The quantitative estimate of drug-likeness (QED) is 0.911. The summed E-state index contributed by atoms with van der Waals surface area (Å²) in [5.41, 5.74) is 7.43. The van der Waals surface area contributed by atoms with Crippen molar-refractivity contribution < 1.29 is 9.47 Å². The second-order valence-electron chi connectivity index (χ2n) is 5.82. The molecule has 110 valence electrons. The second-order valence-corrected chi connectivity index (χ2v) is 6.23. The lowest BCUT2D eigenvalue weighted by Crippen LogP contribution is -2.46. The van der Waals surface area contributed by atoms with E-state index in [1.54, 1.807) is 12.4 Å². The molecule has 2 saturated heterocycles. The van der Waals surface area contributed by atoms with Gasteiger partial charge in [0.15, 0.2) is 0 Å². The van der Waals surface area contributed by atoms with Crippen molar-refractivity contribution in [3.63, 3.8) is 0 Å². The van der Waals surface area contributed by atoms with Crippen molar-refractivity contribution in [2.45, 2.75) is 37.3 Å². The van der Waals surface area contributed by atoms with Crippen LogP contribution in [0.2, 0.25) is 5.02 Å². The third-order valence-electron chi connectivity index (χ3n) is 4.61. The lowest BCUT2D eigenvalue weighted by molar-refractivity contribution is -0.149. The van der Waals surface area contributed by atoms with Crippen LogP contribution in [-0.2, 0) is 9.47 Å². The van der Waals surface area contributed by atoms with Crippen LogP contribution in [0.1, 0.15) is 37.3 Å². The predicted octanol–water partition coefficient (Wildman–Crippen LogP) is 2.71. The summed E-state index contributed by atoms with van der Waals surface area (Å²) in [6, 6.07) is 1.88. The summed E-state index contributed by atoms with van der Waals surface area (Å²) in [6.07, 6.45) is 7.35. The number of hydrogen-bond donors (Lipinski definition) is 1. The van der Waals surface area contributed by atoms with Gasteiger partial charge in [0.05, 0.1) is 10.6 Å². The minimum absolute atomic E-state index is 0.0295. The molecule has 3 rings (SSSR count). The molecule has 20 heavy (non-hydrogen) atoms. The summed E-state index contributed by atoms with van der Waals surface area (Å²) in [5.74, 6) is 0.404. The molecule has 2 aliphatic heterocycles. The summed E-state index contributed by atoms with van der Waals surface area (Å²) in [4.78, 5) is 4.03. The van der Waals surface area contributed by atoms with Gasteiger partial charge in [-0.25, -0.2) is 0 Å². The molecule has 0 amide bonds. The fourth-order valence-corrected chi connectivity index (χ4v) is 3.62. The highest BCUT2D eigenvalue weighted by atomic mass is 35.5. The maximum atomic E-state index is 6.46. The molecule has 0 saturated carbocycles. The van der Waals surface area contributed by atoms with Gasteiger partial charge < -0.3 is 15.2 Å². The minimum Gasteiger partial charge on any atom is -0.381 e. The number of rotatable bonds is 2. The molecule has 0 radical (unpaired) electrons. The summed E-state index contributed by atoms with van der Waals surface area (Å²) >= 11 is 6.22. The zero-order chi connectivity index (χ0) is 14.0. The summed E-state index contributed by atoms with van der Waals surface area (Å²) < 4.78 is 11.5. The lowest BCUT2D eigenvalue weighted by Gasteiger charge is -2.44. The molecule has 0 bridgehead atoms. The summed E-state index contributed by atoms with van der Waals surface area (Å²) in [6.45, 7) is 2.36. The second kappa shape index (κ2) is 5.98. The van der Waals surface area contributed by atoms with Gasteiger partial charge >= 0.3 is 0 Å². The van der Waals surface area contributed by atoms with Crippen molar-refractivity contribution in [2.24, 2.45) is 11.7 Å². The van der Waals surface area contributed by atoms with Gasteiger partial charge in [0.2, 0.25) is 0 Å². The first kappa shape index (κ1) is 14.3. The average molecular weight is 297 g/mol. The van der Waals surface area contributed by atoms with E-state index in [4.69, 9.17) is 26.8 Å². The summed E-state index contributed by atoms with van der Waals surface area (Å²) in [7, 11) is 0. The molecule has 2 unspecified atom stereocenters. The predicted molar refractivity (Wildman–Crippen MR) is 77.6 cm³/mol. The number of halogens is 1. The fraction of sp³-hybridized carbons (Fsp3) is 0.667. The van der Waals surface area contributed by atoms with Gasteiger partial charge in [-0.05, 0) is 43.2 Å². The molecule has 5 heteroatoms. The van der Waals surface area contributed by atoms with Crippen LogP contribution in [0.25, 0.3) is 0 Å². The van der Waals surface area contributed by atoms with Gasteiger partial charge in [-0.2, -0.15) is 0 Å². The number of nitrogens with zero attached hydrogens (tertiary/aromatic N) is 1. The molecule has 1 spiro atoms. The largest absolute Gasteiger partial charge is 0.381 e. The normalized spacial score (nSPS) is 27.4. The van der Waals surface area contributed by atoms with Crippen LogP contribution in [0, 0.1) is 5.92 Å². The molecule has 2 fully saturated rings. The number of ether oxygens (including phenoxy) is 2. The van der Waals surface area contributed by atoms with Crippen molar-refractivity contribution >= 4 is 11.6 Å². The molecule has 0 aromatic carbocycles. The number of hydrogen-bond acceptors (Lipinski definition) is 4. The molecule has 3 heterocycles. The average Bonchev–Trinajstić information content (AvgIpc) is 2.48. The van der Waals surface area contributed by atoms with Crippen LogP contribution in [-0.4, -0.2) is 30.4 Å². The molecule has 2 aliphatic rings. The van der Waals surface area contributed by atoms with Crippen LogP contribution in [0.15, 0.2) is 18.5 Å². The minimum atomic E-state index is -0.0471. The molecule has 2 N–H and O–H groups in total. The lowest BCUT2D eigenvalue weighted by atomic mass is 9.76. The molecular weight excluding hydrogens is 276 g/mol. The Labute approximate surface area is 124 Å². The highest BCUT2D eigenvalue weighted by molar-refractivity contribution is 6.31. The van der Waals surface area contributed by atoms with Crippen molar-refractivity contribution in [1.82, 2.24) is 4.98 Å². The standard InChI is InChI=1S/C15H21ClN2O2/c16-13-10-18-5-1-12(13)14(17)11-2-6-20-15(9-11)3-7-19-8-4-15/h1,5,10-11,14H,2-4,6-9,17H2. The monoisotopic (exact) mass is 296 g/mol. The Morgan fingerprint density at radius 3 is 2.90 bits per heavy atom. The maximum absolute atomic E-state index is 6.46. The molecule has 4 nitrogen and oxygen atoms in total. The van der Waals surface area contributed by atoms with E-state index in [0.29, 0.717) is 10.9 Å². The van der Waals surface area contributed by atoms with E-state index in [1.165, 1.54) is 0 Å². The van der Waals surface area contributed by atoms with Gasteiger partial charge in [0.25, 0.3) is 0 Å². The van der Waals surface area contributed by atoms with Gasteiger partial charge in [0, 0.05) is 38.3 Å². The van der Waals surface area contributed by atoms with E-state index in [-0.39, 0.29) is 11.6 Å². The smallest absolute Gasteiger partial charge is 0.0729 e. The van der Waals surface area contributed by atoms with E-state index in [1.807, 2.05) is 6.07 Å². The Kier molecular flexibility index (Phi) is 4.26. The number of pyridine rings is 1. The first-order chi connectivity index (χ1) is 9.70. The zero-order valence-corrected chi connectivity index (χ0v) is 12.3. The van der Waals surface area contributed by atoms with Crippen LogP contribution in [0.3, 0.4) is 0 Å². The van der Waals surface area contributed by atoms with Crippen molar-refractivity contribution in [2.75, 3.05) is 19.8 Å². The number of aromatic nitrogens is 1. The highest BCUT2D eigenvalue weighted by Crippen LogP contribution is 2.41. The molecular formula is C15H21ClN2O2. The Hall–Kier alpha value is -0.680. The van der Waals surface area contributed by atoms with Crippen molar-refractivity contribution in [3.8, 4) is 0 Å². The van der Waals surface area contributed by atoms with Crippen LogP contribution >= 0.6 is 11.6 Å². The van der Waals surface area contributed by atoms with Crippen molar-refractivity contribution in [3.05, 3.63) is 29.0 Å². The van der Waals surface area contributed by atoms with Gasteiger partial charge in [-0.1, -0.05) is 11.6 Å². The van der Waals surface area contributed by atoms with Crippen LogP contribution in [0.5, 0.6) is 0 Å². The maximum Gasteiger partial charge on any atom is 0.0729 e. The fourth-order valence-electron chi connectivity index (χ4n) is 3.37. The zero-order valence-electron chi connectivity index (χ0n) is 11.6. The Bertz CT molecular complexity index is 457.